The van der Waals surface area contributed by atoms with Crippen LogP contribution < -0.4 is 10.9 Å². The predicted molar refractivity (Wildman–Crippen MR) is 105 cm³/mol. The third-order valence-electron chi connectivity index (χ3n) is 4.35. The molecular weight excluding hydrogens is 382 g/mol. The molecule has 2 heterocycles. The number of benzene rings is 1. The molecule has 3 N–H and O–H groups in total. The van der Waals surface area contributed by atoms with E-state index in [9.17, 15) is 19.5 Å². The first kappa shape index (κ1) is 19.7. The van der Waals surface area contributed by atoms with Crippen LogP contribution in [0.2, 0.25) is 0 Å². The topological polar surface area (TPSA) is 122 Å². The number of carbonyl (C=O) groups is 2. The van der Waals surface area contributed by atoms with Gasteiger partial charge in [-0.1, -0.05) is 30.3 Å². The van der Waals surface area contributed by atoms with E-state index >= 15 is 0 Å². The zero-order chi connectivity index (χ0) is 20.4. The molecular formula is C19H19N3O5S. The van der Waals surface area contributed by atoms with Crippen LogP contribution in [0.4, 0.5) is 0 Å². The Hall–Kier alpha value is -3.04. The molecule has 1 aromatic carbocycles. The lowest BCUT2D eigenvalue weighted by atomic mass is 10.1. The van der Waals surface area contributed by atoms with E-state index < -0.39 is 24.0 Å². The third kappa shape index (κ3) is 3.80. The Morgan fingerprint density at radius 1 is 1.29 bits per heavy atom. The van der Waals surface area contributed by atoms with Gasteiger partial charge in [0, 0.05) is 0 Å². The van der Waals surface area contributed by atoms with E-state index in [1.807, 2.05) is 30.3 Å². The van der Waals surface area contributed by atoms with Gasteiger partial charge in [0.2, 0.25) is 0 Å². The Morgan fingerprint density at radius 3 is 2.57 bits per heavy atom. The van der Waals surface area contributed by atoms with E-state index in [1.54, 1.807) is 6.92 Å². The summed E-state index contributed by atoms with van der Waals surface area (Å²) in [6, 6.07) is 8.01. The second-order valence-corrected chi connectivity index (χ2v) is 7.43. The van der Waals surface area contributed by atoms with Crippen molar-refractivity contribution in [3.63, 3.8) is 0 Å². The third-order valence-corrected chi connectivity index (χ3v) is 5.55. The lowest BCUT2D eigenvalue weighted by Crippen LogP contribution is -2.47. The van der Waals surface area contributed by atoms with Crippen LogP contribution in [0.5, 0.6) is 0 Å². The van der Waals surface area contributed by atoms with Crippen LogP contribution in [0.3, 0.4) is 0 Å². The number of aromatic nitrogens is 2. The molecule has 28 heavy (non-hydrogen) atoms. The minimum absolute atomic E-state index is 0.198. The number of aliphatic carboxylic acids is 1. The Kier molecular flexibility index (Phi) is 5.57. The van der Waals surface area contributed by atoms with Crippen molar-refractivity contribution in [2.75, 3.05) is 0 Å². The summed E-state index contributed by atoms with van der Waals surface area (Å²) >= 11 is 1.02. The van der Waals surface area contributed by atoms with Crippen molar-refractivity contribution in [2.45, 2.75) is 32.5 Å². The lowest BCUT2D eigenvalue weighted by molar-refractivity contribution is -0.141. The number of aliphatic hydroxyl groups excluding tert-OH is 1. The number of aryl methyl sites for hydroxylation is 1. The Bertz CT molecular complexity index is 1090. The molecule has 0 saturated heterocycles. The van der Waals surface area contributed by atoms with Crippen molar-refractivity contribution in [1.82, 2.24) is 14.9 Å². The van der Waals surface area contributed by atoms with Gasteiger partial charge in [-0.3, -0.25) is 14.2 Å². The van der Waals surface area contributed by atoms with Gasteiger partial charge in [-0.15, -0.1) is 11.3 Å². The number of fused-ring (bicyclic) bond motifs is 1. The molecule has 0 aliphatic carbocycles. The molecule has 3 rings (SSSR count). The number of hydrogen-bond donors (Lipinski definition) is 3. The Balaban J connectivity index is 1.97. The molecule has 0 fully saturated rings. The van der Waals surface area contributed by atoms with Crippen LogP contribution >= 0.6 is 11.3 Å². The Morgan fingerprint density at radius 2 is 1.96 bits per heavy atom. The van der Waals surface area contributed by atoms with E-state index in [4.69, 9.17) is 5.11 Å². The van der Waals surface area contributed by atoms with Gasteiger partial charge in [-0.25, -0.2) is 9.78 Å². The number of carboxylic acids is 1. The van der Waals surface area contributed by atoms with Gasteiger partial charge in [-0.2, -0.15) is 0 Å². The van der Waals surface area contributed by atoms with E-state index in [1.165, 1.54) is 17.8 Å². The van der Waals surface area contributed by atoms with Gasteiger partial charge in [-0.05, 0) is 25.0 Å². The zero-order valence-electron chi connectivity index (χ0n) is 15.2. The minimum Gasteiger partial charge on any atom is -0.480 e. The highest BCUT2D eigenvalue weighted by Gasteiger charge is 2.28. The largest absolute Gasteiger partial charge is 0.480 e. The number of nitrogens with zero attached hydrogens (tertiary/aromatic N) is 2. The number of rotatable bonds is 6. The van der Waals surface area contributed by atoms with Crippen molar-refractivity contribution < 1.29 is 19.8 Å². The van der Waals surface area contributed by atoms with E-state index in [0.717, 1.165) is 16.9 Å². The average Bonchev–Trinajstić information content (AvgIpc) is 2.99. The molecule has 0 radical (unpaired) electrons. The molecule has 0 aliphatic heterocycles. The second-order valence-electron chi connectivity index (χ2n) is 6.43. The zero-order valence-corrected chi connectivity index (χ0v) is 16.1. The molecule has 2 aromatic heterocycles. The average molecular weight is 401 g/mol. The summed E-state index contributed by atoms with van der Waals surface area (Å²) < 4.78 is 1.47. The van der Waals surface area contributed by atoms with Crippen LogP contribution in [0.1, 0.15) is 27.7 Å². The van der Waals surface area contributed by atoms with Crippen LogP contribution in [0.15, 0.2) is 41.5 Å². The van der Waals surface area contributed by atoms with E-state index in [2.05, 4.69) is 10.3 Å². The molecule has 0 saturated carbocycles. The quantitative estimate of drug-likeness (QED) is 0.574. The molecule has 2 unspecified atom stereocenters. The molecule has 1 amide bonds. The van der Waals surface area contributed by atoms with Crippen LogP contribution in [0.25, 0.3) is 10.2 Å². The van der Waals surface area contributed by atoms with Gasteiger partial charge in [0.15, 0.2) is 6.04 Å². The summed E-state index contributed by atoms with van der Waals surface area (Å²) in [5.74, 6) is -2.01. The normalized spacial score (nSPS) is 13.2. The van der Waals surface area contributed by atoms with Gasteiger partial charge in [0.05, 0.1) is 29.2 Å². The monoisotopic (exact) mass is 401 g/mol. The Labute approximate surface area is 164 Å². The summed E-state index contributed by atoms with van der Waals surface area (Å²) in [5.41, 5.74) is 1.11. The van der Waals surface area contributed by atoms with Gasteiger partial charge in [0.1, 0.15) is 4.83 Å². The standard InChI is InChI=1S/C19H19N3O5S/c1-10-13-17(28-15(10)16(24)21-14(11(2)23)19(26)27)20-9-22(18(13)25)8-12-6-4-3-5-7-12/h3-7,9,11,14,23H,8H2,1-2H3,(H,21,24)(H,26,27). The fourth-order valence-corrected chi connectivity index (χ4v) is 3.91. The summed E-state index contributed by atoms with van der Waals surface area (Å²) in [5, 5.41) is 21.3. The maximum absolute atomic E-state index is 12.9. The van der Waals surface area contributed by atoms with Crippen molar-refractivity contribution in [2.24, 2.45) is 0 Å². The maximum atomic E-state index is 12.9. The smallest absolute Gasteiger partial charge is 0.328 e. The summed E-state index contributed by atoms with van der Waals surface area (Å²) in [7, 11) is 0. The molecule has 0 bridgehead atoms. The van der Waals surface area contributed by atoms with Gasteiger partial charge in [0.25, 0.3) is 11.5 Å². The number of amides is 1. The van der Waals surface area contributed by atoms with Crippen LogP contribution in [-0.2, 0) is 11.3 Å². The number of thiophene rings is 1. The first-order chi connectivity index (χ1) is 13.3. The lowest BCUT2D eigenvalue weighted by Gasteiger charge is -2.16. The van der Waals surface area contributed by atoms with Crippen molar-refractivity contribution in [3.05, 3.63) is 63.0 Å². The molecule has 146 valence electrons. The van der Waals surface area contributed by atoms with Gasteiger partial charge >= 0.3 is 5.97 Å². The number of aliphatic hydroxyl groups is 1. The molecule has 8 nitrogen and oxygen atoms in total. The van der Waals surface area contributed by atoms with Crippen LogP contribution in [-0.4, -0.2) is 43.8 Å². The number of carboxylic acid groups (broad SMARTS) is 1. The molecule has 2 atom stereocenters. The molecule has 0 aliphatic rings. The number of carbonyl (C=O) groups excluding carboxylic acids is 1. The second kappa shape index (κ2) is 7.91. The first-order valence-corrected chi connectivity index (χ1v) is 9.35. The highest BCUT2D eigenvalue weighted by Crippen LogP contribution is 2.27. The summed E-state index contributed by atoms with van der Waals surface area (Å²) in [4.78, 5) is 41.5. The van der Waals surface area contributed by atoms with Crippen LogP contribution in [0, 0.1) is 6.92 Å². The number of nitrogens with one attached hydrogen (secondary N) is 1. The minimum atomic E-state index is -1.44. The van der Waals surface area contributed by atoms with Crippen molar-refractivity contribution in [1.29, 1.82) is 0 Å². The van der Waals surface area contributed by atoms with Gasteiger partial charge < -0.3 is 15.5 Å². The van der Waals surface area contributed by atoms with Crippen molar-refractivity contribution in [3.8, 4) is 0 Å². The fraction of sp³-hybridized carbons (Fsp3) is 0.263. The summed E-state index contributed by atoms with van der Waals surface area (Å²) in [6.45, 7) is 3.25. The molecule has 9 heteroatoms. The highest BCUT2D eigenvalue weighted by atomic mass is 32.1. The van der Waals surface area contributed by atoms with E-state index in [0.29, 0.717) is 22.3 Å². The molecule has 3 aromatic rings. The highest BCUT2D eigenvalue weighted by molar-refractivity contribution is 7.20. The van der Waals surface area contributed by atoms with Crippen molar-refractivity contribution >= 4 is 33.4 Å². The predicted octanol–water partition coefficient (Wildman–Crippen LogP) is 1.38. The summed E-state index contributed by atoms with van der Waals surface area (Å²) in [6.07, 6.45) is 0.169. The SMILES string of the molecule is Cc1c(C(=O)NC(C(=O)O)C(C)O)sc2ncn(Cc3ccccc3)c(=O)c12. The maximum Gasteiger partial charge on any atom is 0.328 e. The molecule has 0 spiro atoms. The van der Waals surface area contributed by atoms with E-state index in [-0.39, 0.29) is 10.4 Å². The number of hydrogen-bond acceptors (Lipinski definition) is 6. The fourth-order valence-electron chi connectivity index (χ4n) is 2.86. The first-order valence-electron chi connectivity index (χ1n) is 8.53.